The van der Waals surface area contributed by atoms with Crippen LogP contribution in [0.4, 0.5) is 5.69 Å². The summed E-state index contributed by atoms with van der Waals surface area (Å²) in [6.07, 6.45) is 0. The molecule has 6 nitrogen and oxygen atoms in total. The maximum Gasteiger partial charge on any atom is 0.193 e. The quantitative estimate of drug-likeness (QED) is 0.366. The Bertz CT molecular complexity index is 740. The molecule has 0 aliphatic carbocycles. The van der Waals surface area contributed by atoms with Crippen molar-refractivity contribution in [3.8, 4) is 0 Å². The Kier molecular flexibility index (Phi) is 9.07. The highest BCUT2D eigenvalue weighted by atomic mass is 127. The summed E-state index contributed by atoms with van der Waals surface area (Å²) >= 11 is 0. The van der Waals surface area contributed by atoms with Crippen molar-refractivity contribution in [3.05, 3.63) is 46.8 Å². The summed E-state index contributed by atoms with van der Waals surface area (Å²) in [7, 11) is 1.69. The van der Waals surface area contributed by atoms with Crippen molar-refractivity contribution in [2.45, 2.75) is 46.7 Å². The lowest BCUT2D eigenvalue weighted by Crippen LogP contribution is -2.22. The summed E-state index contributed by atoms with van der Waals surface area (Å²) in [5, 5.41) is 7.71. The highest BCUT2D eigenvalue weighted by molar-refractivity contribution is 14.0. The Morgan fingerprint density at radius 2 is 2.08 bits per heavy atom. The number of ether oxygens (including phenoxy) is 1. The number of benzene rings is 1. The Balaban J connectivity index is 0.00000338. The van der Waals surface area contributed by atoms with Crippen LogP contribution in [0.5, 0.6) is 0 Å². The molecule has 0 saturated carbocycles. The van der Waals surface area contributed by atoms with Crippen molar-refractivity contribution in [2.75, 3.05) is 19.0 Å². The standard InChI is InChI=1S/C19H29N5O.HI/c1-13(2)16-7-6-8-17(11-16)22-19(20)21-12-18-14(3)23-24(15(18)4)9-10-25-5;/h6-8,11,13H,9-10,12H2,1-5H3,(H3,20,21,22);1H. The number of nitrogens with two attached hydrogens (primary N) is 1. The summed E-state index contributed by atoms with van der Waals surface area (Å²) in [5.74, 6) is 0.882. The second-order valence-corrected chi connectivity index (χ2v) is 6.47. The fourth-order valence-electron chi connectivity index (χ4n) is 2.69. The predicted octanol–water partition coefficient (Wildman–Crippen LogP) is 3.81. The Hall–Kier alpha value is -1.61. The van der Waals surface area contributed by atoms with Crippen LogP contribution >= 0.6 is 24.0 Å². The van der Waals surface area contributed by atoms with Crippen molar-refractivity contribution in [3.63, 3.8) is 0 Å². The van der Waals surface area contributed by atoms with E-state index < -0.39 is 0 Å². The van der Waals surface area contributed by atoms with E-state index >= 15 is 0 Å². The molecule has 0 unspecified atom stereocenters. The third-order valence-corrected chi connectivity index (χ3v) is 4.27. The van der Waals surface area contributed by atoms with E-state index in [4.69, 9.17) is 10.5 Å². The number of guanidine groups is 1. The van der Waals surface area contributed by atoms with Gasteiger partial charge in [-0.3, -0.25) is 4.68 Å². The van der Waals surface area contributed by atoms with Crippen LogP contribution in [0.15, 0.2) is 29.3 Å². The second kappa shape index (κ2) is 10.5. The van der Waals surface area contributed by atoms with Crippen LogP contribution in [0, 0.1) is 13.8 Å². The number of halogens is 1. The minimum Gasteiger partial charge on any atom is -0.383 e. The number of nitrogens with zero attached hydrogens (tertiary/aromatic N) is 3. The van der Waals surface area contributed by atoms with E-state index in [0.29, 0.717) is 25.0 Å². The second-order valence-electron chi connectivity index (χ2n) is 6.47. The number of methoxy groups -OCH3 is 1. The Morgan fingerprint density at radius 1 is 1.35 bits per heavy atom. The SMILES string of the molecule is COCCn1nc(C)c(CN=C(N)Nc2cccc(C(C)C)c2)c1C.I. The minimum atomic E-state index is 0. The molecule has 0 saturated heterocycles. The van der Waals surface area contributed by atoms with Gasteiger partial charge in [0.1, 0.15) is 0 Å². The number of rotatable bonds is 7. The van der Waals surface area contributed by atoms with E-state index in [1.54, 1.807) is 7.11 Å². The lowest BCUT2D eigenvalue weighted by Gasteiger charge is -2.10. The molecular formula is C19H30IN5O. The third-order valence-electron chi connectivity index (χ3n) is 4.27. The number of aromatic nitrogens is 2. The molecular weight excluding hydrogens is 441 g/mol. The maximum atomic E-state index is 6.06. The molecule has 0 aliphatic rings. The molecule has 0 aliphatic heterocycles. The van der Waals surface area contributed by atoms with E-state index in [1.807, 2.05) is 23.7 Å². The zero-order valence-electron chi connectivity index (χ0n) is 16.2. The van der Waals surface area contributed by atoms with Crippen LogP contribution in [-0.2, 0) is 17.8 Å². The first-order chi connectivity index (χ1) is 11.9. The zero-order chi connectivity index (χ0) is 18.4. The minimum absolute atomic E-state index is 0. The first-order valence-electron chi connectivity index (χ1n) is 8.61. The van der Waals surface area contributed by atoms with Crippen LogP contribution in [0.1, 0.15) is 42.3 Å². The van der Waals surface area contributed by atoms with Gasteiger partial charge in [0.05, 0.1) is 25.4 Å². The summed E-state index contributed by atoms with van der Waals surface area (Å²) in [4.78, 5) is 4.48. The van der Waals surface area contributed by atoms with E-state index in [2.05, 4.69) is 48.3 Å². The van der Waals surface area contributed by atoms with Gasteiger partial charge in [0, 0.05) is 24.1 Å². The molecule has 7 heteroatoms. The molecule has 0 bridgehead atoms. The van der Waals surface area contributed by atoms with Gasteiger partial charge in [-0.1, -0.05) is 26.0 Å². The number of nitrogens with one attached hydrogen (secondary N) is 1. The van der Waals surface area contributed by atoms with Crippen molar-refractivity contribution < 1.29 is 4.74 Å². The van der Waals surface area contributed by atoms with Gasteiger partial charge in [0.25, 0.3) is 0 Å². The summed E-state index contributed by atoms with van der Waals surface area (Å²) in [6.45, 7) is 10.3. The average molecular weight is 471 g/mol. The number of hydrogen-bond acceptors (Lipinski definition) is 3. The molecule has 2 rings (SSSR count). The molecule has 2 aromatic rings. The fraction of sp³-hybridized carbons (Fsp3) is 0.474. The van der Waals surface area contributed by atoms with Crippen LogP contribution in [0.2, 0.25) is 0 Å². The predicted molar refractivity (Wildman–Crippen MR) is 118 cm³/mol. The first kappa shape index (κ1) is 22.4. The van der Waals surface area contributed by atoms with Gasteiger partial charge in [-0.2, -0.15) is 5.10 Å². The summed E-state index contributed by atoms with van der Waals surface area (Å²) in [6, 6.07) is 8.24. The molecule has 1 aromatic heterocycles. The van der Waals surface area contributed by atoms with Gasteiger partial charge in [-0.15, -0.1) is 24.0 Å². The molecule has 0 radical (unpaired) electrons. The van der Waals surface area contributed by atoms with E-state index in [9.17, 15) is 0 Å². The van der Waals surface area contributed by atoms with Gasteiger partial charge < -0.3 is 15.8 Å². The number of aliphatic imine (C=N–C) groups is 1. The van der Waals surface area contributed by atoms with Gasteiger partial charge in [0.15, 0.2) is 5.96 Å². The molecule has 1 aromatic carbocycles. The monoisotopic (exact) mass is 471 g/mol. The smallest absolute Gasteiger partial charge is 0.193 e. The van der Waals surface area contributed by atoms with Gasteiger partial charge in [-0.25, -0.2) is 4.99 Å². The lowest BCUT2D eigenvalue weighted by atomic mass is 10.0. The van der Waals surface area contributed by atoms with Crippen LogP contribution in [0.25, 0.3) is 0 Å². The van der Waals surface area contributed by atoms with Crippen LogP contribution in [0.3, 0.4) is 0 Å². The highest BCUT2D eigenvalue weighted by Gasteiger charge is 2.11. The molecule has 144 valence electrons. The first-order valence-corrected chi connectivity index (χ1v) is 8.61. The summed E-state index contributed by atoms with van der Waals surface area (Å²) < 4.78 is 7.08. The highest BCUT2D eigenvalue weighted by Crippen LogP contribution is 2.18. The maximum absolute atomic E-state index is 6.06. The Labute approximate surface area is 173 Å². The van der Waals surface area contributed by atoms with Crippen molar-refractivity contribution in [1.29, 1.82) is 0 Å². The largest absolute Gasteiger partial charge is 0.383 e. The number of aryl methyl sites for hydroxylation is 1. The third kappa shape index (κ3) is 5.98. The van der Waals surface area contributed by atoms with Gasteiger partial charge in [0.2, 0.25) is 0 Å². The molecule has 0 amide bonds. The zero-order valence-corrected chi connectivity index (χ0v) is 18.6. The summed E-state index contributed by atoms with van der Waals surface area (Å²) in [5.41, 5.74) is 11.5. The van der Waals surface area contributed by atoms with Crippen LogP contribution in [-0.4, -0.2) is 29.5 Å². The van der Waals surface area contributed by atoms with E-state index in [-0.39, 0.29) is 24.0 Å². The van der Waals surface area contributed by atoms with E-state index in [1.165, 1.54) is 5.56 Å². The molecule has 0 spiro atoms. The number of anilines is 1. The van der Waals surface area contributed by atoms with Crippen molar-refractivity contribution >= 4 is 35.6 Å². The Morgan fingerprint density at radius 3 is 2.73 bits per heavy atom. The molecule has 26 heavy (non-hydrogen) atoms. The number of hydrogen-bond donors (Lipinski definition) is 2. The van der Waals surface area contributed by atoms with E-state index in [0.717, 1.165) is 29.2 Å². The lowest BCUT2D eigenvalue weighted by molar-refractivity contribution is 0.182. The molecule has 0 atom stereocenters. The fourth-order valence-corrected chi connectivity index (χ4v) is 2.69. The average Bonchev–Trinajstić information content (AvgIpc) is 2.85. The molecule has 3 N–H and O–H groups in total. The van der Waals surface area contributed by atoms with Crippen molar-refractivity contribution in [1.82, 2.24) is 9.78 Å². The van der Waals surface area contributed by atoms with Gasteiger partial charge in [-0.05, 0) is 37.5 Å². The normalized spacial score (nSPS) is 11.5. The van der Waals surface area contributed by atoms with Gasteiger partial charge >= 0.3 is 0 Å². The topological polar surface area (TPSA) is 77.5 Å². The van der Waals surface area contributed by atoms with Crippen LogP contribution < -0.4 is 11.1 Å². The molecule has 1 heterocycles. The van der Waals surface area contributed by atoms with Crippen molar-refractivity contribution in [2.24, 2.45) is 10.7 Å². The molecule has 0 fully saturated rings.